The highest BCUT2D eigenvalue weighted by Gasteiger charge is 2.24. The summed E-state index contributed by atoms with van der Waals surface area (Å²) >= 11 is 0. The second-order valence-corrected chi connectivity index (χ2v) is 5.95. The molecule has 1 N–H and O–H groups in total. The lowest BCUT2D eigenvalue weighted by molar-refractivity contribution is -0.137. The second kappa shape index (κ2) is 7.29. The Kier molecular flexibility index (Phi) is 5.39. The standard InChI is InChI=1S/C18H20FNO4/c1-11(2)16-8-15(12(3)24-16)18(23)20(10-17(21)22)9-13-4-6-14(19)7-5-13/h4-8,11H,9-10H2,1-3H3,(H,21,22). The van der Waals surface area contributed by atoms with Crippen molar-refractivity contribution in [3.05, 3.63) is 58.8 Å². The monoisotopic (exact) mass is 333 g/mol. The van der Waals surface area contributed by atoms with Crippen molar-refractivity contribution >= 4 is 11.9 Å². The van der Waals surface area contributed by atoms with Crippen molar-refractivity contribution in [3.63, 3.8) is 0 Å². The number of carboxylic acid groups (broad SMARTS) is 1. The molecule has 0 saturated carbocycles. The molecule has 1 aromatic heterocycles. The van der Waals surface area contributed by atoms with Crippen LogP contribution in [0.5, 0.6) is 0 Å². The van der Waals surface area contributed by atoms with Gasteiger partial charge in [0.25, 0.3) is 5.91 Å². The van der Waals surface area contributed by atoms with E-state index in [2.05, 4.69) is 0 Å². The molecule has 24 heavy (non-hydrogen) atoms. The number of rotatable bonds is 6. The zero-order valence-corrected chi connectivity index (χ0v) is 13.9. The molecule has 6 heteroatoms. The van der Waals surface area contributed by atoms with E-state index in [1.807, 2.05) is 13.8 Å². The van der Waals surface area contributed by atoms with E-state index in [4.69, 9.17) is 9.52 Å². The Hall–Kier alpha value is -2.63. The summed E-state index contributed by atoms with van der Waals surface area (Å²) in [7, 11) is 0. The Balaban J connectivity index is 2.28. The maximum atomic E-state index is 13.0. The third kappa shape index (κ3) is 4.22. The summed E-state index contributed by atoms with van der Waals surface area (Å²) in [6, 6.07) is 7.26. The molecule has 5 nitrogen and oxygen atoms in total. The molecule has 2 rings (SSSR count). The van der Waals surface area contributed by atoms with Crippen molar-refractivity contribution in [1.82, 2.24) is 4.90 Å². The SMILES string of the molecule is Cc1oc(C(C)C)cc1C(=O)N(CC(=O)O)Cc1ccc(F)cc1. The number of amides is 1. The molecule has 0 atom stereocenters. The van der Waals surface area contributed by atoms with Crippen LogP contribution in [-0.2, 0) is 11.3 Å². The molecule has 0 saturated heterocycles. The van der Waals surface area contributed by atoms with Crippen molar-refractivity contribution in [3.8, 4) is 0 Å². The van der Waals surface area contributed by atoms with Crippen LogP contribution in [-0.4, -0.2) is 28.4 Å². The van der Waals surface area contributed by atoms with Gasteiger partial charge >= 0.3 is 5.97 Å². The number of carbonyl (C=O) groups excluding carboxylic acids is 1. The number of furan rings is 1. The Labute approximate surface area is 139 Å². The number of aryl methyl sites for hydroxylation is 1. The van der Waals surface area contributed by atoms with Gasteiger partial charge in [-0.15, -0.1) is 0 Å². The number of nitrogens with zero attached hydrogens (tertiary/aromatic N) is 1. The Morgan fingerprint density at radius 1 is 1.25 bits per heavy atom. The van der Waals surface area contributed by atoms with Gasteiger partial charge in [-0.05, 0) is 30.7 Å². The fourth-order valence-corrected chi connectivity index (χ4v) is 2.35. The molecule has 0 unspecified atom stereocenters. The fraction of sp³-hybridized carbons (Fsp3) is 0.333. The molecular weight excluding hydrogens is 313 g/mol. The maximum absolute atomic E-state index is 13.0. The minimum absolute atomic E-state index is 0.0764. The molecule has 2 aromatic rings. The second-order valence-electron chi connectivity index (χ2n) is 5.95. The van der Waals surface area contributed by atoms with Gasteiger partial charge in [0.2, 0.25) is 0 Å². The van der Waals surface area contributed by atoms with Gasteiger partial charge < -0.3 is 14.4 Å². The minimum atomic E-state index is -1.12. The molecule has 1 heterocycles. The predicted molar refractivity (Wildman–Crippen MR) is 86.3 cm³/mol. The van der Waals surface area contributed by atoms with Gasteiger partial charge in [-0.1, -0.05) is 26.0 Å². The van der Waals surface area contributed by atoms with Crippen LogP contribution >= 0.6 is 0 Å². The van der Waals surface area contributed by atoms with Crippen LogP contribution in [0.1, 0.15) is 47.2 Å². The van der Waals surface area contributed by atoms with E-state index in [0.29, 0.717) is 22.6 Å². The fourth-order valence-electron chi connectivity index (χ4n) is 2.35. The zero-order valence-electron chi connectivity index (χ0n) is 13.9. The van der Waals surface area contributed by atoms with Gasteiger partial charge in [-0.3, -0.25) is 9.59 Å². The van der Waals surface area contributed by atoms with Gasteiger partial charge in [0.15, 0.2) is 0 Å². The first-order valence-corrected chi connectivity index (χ1v) is 7.63. The summed E-state index contributed by atoms with van der Waals surface area (Å²) in [6.45, 7) is 5.20. The van der Waals surface area contributed by atoms with E-state index in [0.717, 1.165) is 0 Å². The molecule has 0 spiro atoms. The van der Waals surface area contributed by atoms with E-state index < -0.39 is 18.4 Å². The third-order valence-electron chi connectivity index (χ3n) is 3.64. The van der Waals surface area contributed by atoms with Crippen LogP contribution in [0.4, 0.5) is 4.39 Å². The number of benzene rings is 1. The largest absolute Gasteiger partial charge is 0.480 e. The quantitative estimate of drug-likeness (QED) is 0.877. The van der Waals surface area contributed by atoms with E-state index in [1.165, 1.54) is 29.2 Å². The van der Waals surface area contributed by atoms with Crippen LogP contribution in [0.3, 0.4) is 0 Å². The number of hydrogen-bond acceptors (Lipinski definition) is 3. The van der Waals surface area contributed by atoms with Crippen molar-refractivity contribution < 1.29 is 23.5 Å². The Morgan fingerprint density at radius 2 is 1.88 bits per heavy atom. The normalized spacial score (nSPS) is 10.9. The molecule has 0 radical (unpaired) electrons. The third-order valence-corrected chi connectivity index (χ3v) is 3.64. The Bertz CT molecular complexity index is 734. The van der Waals surface area contributed by atoms with Gasteiger partial charge in [-0.2, -0.15) is 0 Å². The summed E-state index contributed by atoms with van der Waals surface area (Å²) in [4.78, 5) is 25.1. The maximum Gasteiger partial charge on any atom is 0.323 e. The van der Waals surface area contributed by atoms with E-state index in [-0.39, 0.29) is 18.3 Å². The molecule has 0 aliphatic carbocycles. The van der Waals surface area contributed by atoms with E-state index in [9.17, 15) is 14.0 Å². The first kappa shape index (κ1) is 17.7. The predicted octanol–water partition coefficient (Wildman–Crippen LogP) is 3.58. The van der Waals surface area contributed by atoms with Gasteiger partial charge in [0.1, 0.15) is 23.9 Å². The molecule has 0 fully saturated rings. The average molecular weight is 333 g/mol. The number of carbonyl (C=O) groups is 2. The molecule has 0 bridgehead atoms. The highest BCUT2D eigenvalue weighted by atomic mass is 19.1. The van der Waals surface area contributed by atoms with Crippen LogP contribution in [0, 0.1) is 12.7 Å². The summed E-state index contributed by atoms with van der Waals surface area (Å²) < 4.78 is 18.6. The molecular formula is C18H20FNO4. The summed E-state index contributed by atoms with van der Waals surface area (Å²) in [5.74, 6) is -0.672. The molecule has 0 aliphatic heterocycles. The molecule has 128 valence electrons. The average Bonchev–Trinajstić information content (AvgIpc) is 2.90. The van der Waals surface area contributed by atoms with Crippen LogP contribution < -0.4 is 0 Å². The van der Waals surface area contributed by atoms with Crippen LogP contribution in [0.25, 0.3) is 0 Å². The first-order valence-electron chi connectivity index (χ1n) is 7.63. The number of hydrogen-bond donors (Lipinski definition) is 1. The lowest BCUT2D eigenvalue weighted by atomic mass is 10.1. The topological polar surface area (TPSA) is 70.8 Å². The zero-order chi connectivity index (χ0) is 17.9. The lowest BCUT2D eigenvalue weighted by Gasteiger charge is -2.20. The van der Waals surface area contributed by atoms with Crippen LogP contribution in [0.15, 0.2) is 34.7 Å². The van der Waals surface area contributed by atoms with Gasteiger partial charge in [0.05, 0.1) is 5.56 Å². The summed E-state index contributed by atoms with van der Waals surface area (Å²) in [6.07, 6.45) is 0. The number of aliphatic carboxylic acids is 1. The molecule has 1 amide bonds. The molecule has 1 aromatic carbocycles. The number of carboxylic acids is 1. The smallest absolute Gasteiger partial charge is 0.323 e. The highest BCUT2D eigenvalue weighted by molar-refractivity contribution is 5.96. The van der Waals surface area contributed by atoms with E-state index in [1.54, 1.807) is 13.0 Å². The minimum Gasteiger partial charge on any atom is -0.480 e. The first-order chi connectivity index (χ1) is 11.3. The van der Waals surface area contributed by atoms with Gasteiger partial charge in [0, 0.05) is 12.5 Å². The lowest BCUT2D eigenvalue weighted by Crippen LogP contribution is -2.35. The summed E-state index contributed by atoms with van der Waals surface area (Å²) in [5, 5.41) is 9.09. The number of halogens is 1. The Morgan fingerprint density at radius 3 is 2.38 bits per heavy atom. The van der Waals surface area contributed by atoms with E-state index >= 15 is 0 Å². The van der Waals surface area contributed by atoms with Crippen molar-refractivity contribution in [2.24, 2.45) is 0 Å². The van der Waals surface area contributed by atoms with Crippen molar-refractivity contribution in [2.45, 2.75) is 33.2 Å². The molecule has 0 aliphatic rings. The van der Waals surface area contributed by atoms with Gasteiger partial charge in [-0.25, -0.2) is 4.39 Å². The highest BCUT2D eigenvalue weighted by Crippen LogP contribution is 2.23. The van der Waals surface area contributed by atoms with Crippen molar-refractivity contribution in [1.29, 1.82) is 0 Å². The summed E-state index contributed by atoms with van der Waals surface area (Å²) in [5.41, 5.74) is 0.998. The van der Waals surface area contributed by atoms with Crippen molar-refractivity contribution in [2.75, 3.05) is 6.54 Å². The van der Waals surface area contributed by atoms with Crippen LogP contribution in [0.2, 0.25) is 0 Å².